The maximum absolute atomic E-state index is 12.9. The molecule has 0 aliphatic heterocycles. The Kier molecular flexibility index (Phi) is 4.67. The molecule has 3 N–H and O–H groups in total. The summed E-state index contributed by atoms with van der Waals surface area (Å²) in [6, 6.07) is 14.8. The van der Waals surface area contributed by atoms with E-state index in [9.17, 15) is 14.7 Å². The van der Waals surface area contributed by atoms with Crippen LogP contribution in [0.25, 0.3) is 10.9 Å². The van der Waals surface area contributed by atoms with Crippen molar-refractivity contribution < 1.29 is 14.7 Å². The zero-order valence-electron chi connectivity index (χ0n) is 14.9. The van der Waals surface area contributed by atoms with Gasteiger partial charge in [-0.1, -0.05) is 42.5 Å². The molecule has 0 saturated carbocycles. The summed E-state index contributed by atoms with van der Waals surface area (Å²) in [5.41, 5.74) is 4.07. The van der Waals surface area contributed by atoms with Gasteiger partial charge in [0.25, 0.3) is 0 Å². The van der Waals surface area contributed by atoms with Crippen LogP contribution in [0.4, 0.5) is 0 Å². The maximum Gasteiger partial charge on any atom is 0.326 e. The third-order valence-electron chi connectivity index (χ3n) is 5.40. The van der Waals surface area contributed by atoms with Gasteiger partial charge in [0.05, 0.1) is 5.92 Å². The molecular formula is C22H22N2O3. The van der Waals surface area contributed by atoms with Crippen LogP contribution >= 0.6 is 0 Å². The number of fused-ring (bicyclic) bond motifs is 2. The van der Waals surface area contributed by atoms with E-state index in [2.05, 4.69) is 16.4 Å². The number of carbonyl (C=O) groups excluding carboxylic acids is 1. The number of aromatic nitrogens is 1. The van der Waals surface area contributed by atoms with Crippen molar-refractivity contribution in [3.8, 4) is 0 Å². The number of hydrogen-bond donors (Lipinski definition) is 3. The highest BCUT2D eigenvalue weighted by atomic mass is 16.4. The number of hydrogen-bond acceptors (Lipinski definition) is 2. The summed E-state index contributed by atoms with van der Waals surface area (Å²) in [6.07, 6.45) is 4.73. The van der Waals surface area contributed by atoms with Crippen LogP contribution in [0.3, 0.4) is 0 Å². The van der Waals surface area contributed by atoms with E-state index in [1.165, 1.54) is 5.56 Å². The molecule has 4 rings (SSSR count). The van der Waals surface area contributed by atoms with E-state index in [0.717, 1.165) is 41.3 Å². The first-order valence-electron chi connectivity index (χ1n) is 9.29. The fraction of sp³-hybridized carbons (Fsp3) is 0.273. The summed E-state index contributed by atoms with van der Waals surface area (Å²) < 4.78 is 0. The summed E-state index contributed by atoms with van der Waals surface area (Å²) in [5.74, 6) is -1.49. The Morgan fingerprint density at radius 2 is 1.93 bits per heavy atom. The molecule has 138 valence electrons. The molecule has 0 spiro atoms. The minimum absolute atomic E-state index is 0.200. The first-order chi connectivity index (χ1) is 13.1. The second-order valence-electron chi connectivity index (χ2n) is 7.11. The lowest BCUT2D eigenvalue weighted by Gasteiger charge is -2.26. The molecule has 2 atom stereocenters. The van der Waals surface area contributed by atoms with Crippen molar-refractivity contribution >= 4 is 22.8 Å². The average molecular weight is 362 g/mol. The molecule has 0 radical (unpaired) electrons. The smallest absolute Gasteiger partial charge is 0.326 e. The Bertz CT molecular complexity index is 992. The lowest BCUT2D eigenvalue weighted by molar-refractivity contribution is -0.142. The number of H-pyrrole nitrogens is 1. The zero-order valence-corrected chi connectivity index (χ0v) is 14.9. The molecule has 0 bridgehead atoms. The van der Waals surface area contributed by atoms with Gasteiger partial charge in [0.15, 0.2) is 0 Å². The molecule has 5 nitrogen and oxygen atoms in total. The Morgan fingerprint density at radius 3 is 2.78 bits per heavy atom. The lowest BCUT2D eigenvalue weighted by Crippen LogP contribution is -2.44. The van der Waals surface area contributed by atoms with E-state index in [4.69, 9.17) is 0 Å². The molecule has 3 aromatic rings. The van der Waals surface area contributed by atoms with Crippen LogP contribution < -0.4 is 5.32 Å². The lowest BCUT2D eigenvalue weighted by atomic mass is 9.82. The first kappa shape index (κ1) is 17.3. The number of benzene rings is 2. The second kappa shape index (κ2) is 7.27. The van der Waals surface area contributed by atoms with E-state index in [1.54, 1.807) is 0 Å². The van der Waals surface area contributed by atoms with Crippen molar-refractivity contribution in [2.45, 2.75) is 37.6 Å². The highest BCUT2D eigenvalue weighted by Gasteiger charge is 2.30. The van der Waals surface area contributed by atoms with Crippen LogP contribution in [0.2, 0.25) is 0 Å². The van der Waals surface area contributed by atoms with Crippen molar-refractivity contribution in [2.75, 3.05) is 0 Å². The van der Waals surface area contributed by atoms with E-state index in [0.29, 0.717) is 0 Å². The molecule has 1 amide bonds. The van der Waals surface area contributed by atoms with Crippen molar-refractivity contribution in [3.63, 3.8) is 0 Å². The molecule has 27 heavy (non-hydrogen) atoms. The summed E-state index contributed by atoms with van der Waals surface area (Å²) >= 11 is 0. The molecule has 1 aliphatic carbocycles. The van der Waals surface area contributed by atoms with Crippen molar-refractivity contribution in [1.82, 2.24) is 10.3 Å². The molecule has 1 aromatic heterocycles. The standard InChI is InChI=1S/C22H22N2O3/c25-21(18-10-5-7-14-6-1-2-8-16(14)18)24-20(22(26)27)12-15-13-23-19-11-4-3-9-17(15)19/h1-4,6,8-9,11,13,18,20,23H,5,7,10,12H2,(H,24,25)(H,26,27). The third-order valence-corrected chi connectivity index (χ3v) is 5.40. The Hall–Kier alpha value is -3.08. The summed E-state index contributed by atoms with van der Waals surface area (Å²) in [4.78, 5) is 27.8. The number of nitrogens with one attached hydrogen (secondary N) is 2. The van der Waals surface area contributed by atoms with Gasteiger partial charge in [0.1, 0.15) is 6.04 Å². The van der Waals surface area contributed by atoms with Crippen molar-refractivity contribution in [2.24, 2.45) is 0 Å². The number of carboxylic acids is 1. The quantitative estimate of drug-likeness (QED) is 0.651. The highest BCUT2D eigenvalue weighted by Crippen LogP contribution is 2.31. The molecule has 1 aliphatic rings. The number of para-hydroxylation sites is 1. The zero-order chi connectivity index (χ0) is 18.8. The van der Waals surface area contributed by atoms with Gasteiger partial charge < -0.3 is 15.4 Å². The maximum atomic E-state index is 12.9. The Balaban J connectivity index is 1.54. The van der Waals surface area contributed by atoms with Gasteiger partial charge in [-0.3, -0.25) is 4.79 Å². The fourth-order valence-corrected chi connectivity index (χ4v) is 4.02. The predicted octanol–water partition coefficient (Wildman–Crippen LogP) is 3.40. The first-order valence-corrected chi connectivity index (χ1v) is 9.29. The Morgan fingerprint density at radius 1 is 1.15 bits per heavy atom. The molecule has 5 heteroatoms. The number of carbonyl (C=O) groups is 2. The van der Waals surface area contributed by atoms with Crippen LogP contribution in [-0.2, 0) is 22.4 Å². The SMILES string of the molecule is O=C(O)C(Cc1c[nH]c2ccccc12)NC(=O)C1CCCc2ccccc21. The van der Waals surface area contributed by atoms with Gasteiger partial charge in [-0.05, 0) is 42.0 Å². The Labute approximate surface area is 157 Å². The van der Waals surface area contributed by atoms with Crippen molar-refractivity contribution in [1.29, 1.82) is 0 Å². The largest absolute Gasteiger partial charge is 0.480 e. The second-order valence-corrected chi connectivity index (χ2v) is 7.11. The third kappa shape index (κ3) is 3.45. The number of rotatable bonds is 5. The van der Waals surface area contributed by atoms with Crippen LogP contribution in [0.15, 0.2) is 54.7 Å². The van der Waals surface area contributed by atoms with Gasteiger partial charge in [-0.2, -0.15) is 0 Å². The van der Waals surface area contributed by atoms with E-state index >= 15 is 0 Å². The number of carboxylic acid groups (broad SMARTS) is 1. The minimum Gasteiger partial charge on any atom is -0.480 e. The highest BCUT2D eigenvalue weighted by molar-refractivity contribution is 5.89. The minimum atomic E-state index is -1.02. The molecule has 1 heterocycles. The van der Waals surface area contributed by atoms with Crippen LogP contribution in [0, 0.1) is 0 Å². The van der Waals surface area contributed by atoms with Gasteiger partial charge in [0.2, 0.25) is 5.91 Å². The average Bonchev–Trinajstić information content (AvgIpc) is 3.10. The van der Waals surface area contributed by atoms with Crippen LogP contribution in [-0.4, -0.2) is 28.0 Å². The van der Waals surface area contributed by atoms with Gasteiger partial charge >= 0.3 is 5.97 Å². The normalized spacial score (nSPS) is 17.3. The number of aliphatic carboxylic acids is 1. The summed E-state index contributed by atoms with van der Waals surface area (Å²) in [5, 5.41) is 13.4. The summed E-state index contributed by atoms with van der Waals surface area (Å²) in [6.45, 7) is 0. The van der Waals surface area contributed by atoms with Gasteiger partial charge in [-0.15, -0.1) is 0 Å². The predicted molar refractivity (Wildman–Crippen MR) is 104 cm³/mol. The monoisotopic (exact) mass is 362 g/mol. The van der Waals surface area contributed by atoms with E-state index in [-0.39, 0.29) is 18.2 Å². The van der Waals surface area contributed by atoms with E-state index in [1.807, 2.05) is 48.7 Å². The number of aromatic amines is 1. The number of amides is 1. The fourth-order valence-electron chi connectivity index (χ4n) is 4.02. The number of aryl methyl sites for hydroxylation is 1. The topological polar surface area (TPSA) is 82.2 Å². The van der Waals surface area contributed by atoms with Gasteiger partial charge in [0, 0.05) is 23.5 Å². The molecule has 2 unspecified atom stereocenters. The molecule has 0 fully saturated rings. The van der Waals surface area contributed by atoms with Crippen LogP contribution in [0.1, 0.15) is 35.4 Å². The van der Waals surface area contributed by atoms with Crippen LogP contribution in [0.5, 0.6) is 0 Å². The van der Waals surface area contributed by atoms with Crippen molar-refractivity contribution in [3.05, 3.63) is 71.4 Å². The molecular weight excluding hydrogens is 340 g/mol. The summed E-state index contributed by atoms with van der Waals surface area (Å²) in [7, 11) is 0. The molecule has 0 saturated heterocycles. The molecule has 2 aromatic carbocycles. The van der Waals surface area contributed by atoms with Gasteiger partial charge in [-0.25, -0.2) is 4.79 Å². The van der Waals surface area contributed by atoms with E-state index < -0.39 is 12.0 Å².